The van der Waals surface area contributed by atoms with E-state index in [-0.39, 0.29) is 6.04 Å². The van der Waals surface area contributed by atoms with Crippen LogP contribution in [0.2, 0.25) is 0 Å². The molecule has 1 fully saturated rings. The Hall–Kier alpha value is -1.02. The summed E-state index contributed by atoms with van der Waals surface area (Å²) in [4.78, 5) is 0. The van der Waals surface area contributed by atoms with E-state index in [1.807, 2.05) is 12.1 Å². The van der Waals surface area contributed by atoms with Gasteiger partial charge in [0, 0.05) is 6.04 Å². The molecule has 0 heterocycles. The third-order valence-electron chi connectivity index (χ3n) is 4.14. The van der Waals surface area contributed by atoms with E-state index < -0.39 is 0 Å². The number of ether oxygens (including phenoxy) is 1. The van der Waals surface area contributed by atoms with Crippen molar-refractivity contribution in [2.24, 2.45) is 11.7 Å². The first-order valence-electron chi connectivity index (χ1n) is 7.21. The second-order valence-corrected chi connectivity index (χ2v) is 5.41. The maximum atomic E-state index is 6.46. The first-order chi connectivity index (χ1) is 8.81. The molecule has 18 heavy (non-hydrogen) atoms. The lowest BCUT2D eigenvalue weighted by molar-refractivity contribution is 0.326. The van der Waals surface area contributed by atoms with Gasteiger partial charge < -0.3 is 10.5 Å². The minimum Gasteiger partial charge on any atom is -0.497 e. The molecular weight excluding hydrogens is 222 g/mol. The van der Waals surface area contributed by atoms with Gasteiger partial charge in [-0.05, 0) is 36.5 Å². The Labute approximate surface area is 111 Å². The molecule has 1 saturated carbocycles. The predicted octanol–water partition coefficient (Wildman–Crippen LogP) is 4.06. The fourth-order valence-electron chi connectivity index (χ4n) is 2.97. The highest BCUT2D eigenvalue weighted by Crippen LogP contribution is 2.32. The van der Waals surface area contributed by atoms with Crippen LogP contribution >= 0.6 is 0 Å². The van der Waals surface area contributed by atoms with Crippen molar-refractivity contribution in [2.45, 2.75) is 51.0 Å². The van der Waals surface area contributed by atoms with Crippen LogP contribution in [0.25, 0.3) is 0 Å². The highest BCUT2D eigenvalue weighted by atomic mass is 16.5. The van der Waals surface area contributed by atoms with E-state index in [0.717, 1.165) is 5.75 Å². The molecule has 1 unspecified atom stereocenters. The quantitative estimate of drug-likeness (QED) is 0.874. The van der Waals surface area contributed by atoms with E-state index in [4.69, 9.17) is 10.5 Å². The second-order valence-electron chi connectivity index (χ2n) is 5.41. The molecule has 0 saturated heterocycles. The number of methoxy groups -OCH3 is 1. The molecule has 2 rings (SSSR count). The maximum absolute atomic E-state index is 6.46. The Balaban J connectivity index is 2.05. The summed E-state index contributed by atoms with van der Waals surface area (Å²) >= 11 is 0. The topological polar surface area (TPSA) is 35.2 Å². The lowest BCUT2D eigenvalue weighted by atomic mass is 9.83. The molecular formula is C16H25NO. The largest absolute Gasteiger partial charge is 0.497 e. The molecule has 100 valence electrons. The van der Waals surface area contributed by atoms with Gasteiger partial charge in [-0.15, -0.1) is 0 Å². The minimum absolute atomic E-state index is 0.165. The standard InChI is InChI=1S/C16H25NO/c1-18-15-11-7-10-14(12-15)16(17)13-8-5-3-2-4-6-9-13/h7,10-13,16H,2-6,8-9,17H2,1H3. The first-order valence-corrected chi connectivity index (χ1v) is 7.21. The normalized spacial score (nSPS) is 19.9. The molecule has 2 heteroatoms. The zero-order chi connectivity index (χ0) is 12.8. The van der Waals surface area contributed by atoms with Gasteiger partial charge in [-0.3, -0.25) is 0 Å². The van der Waals surface area contributed by atoms with Crippen LogP contribution in [0.1, 0.15) is 56.6 Å². The fourth-order valence-corrected chi connectivity index (χ4v) is 2.97. The van der Waals surface area contributed by atoms with Gasteiger partial charge in [-0.2, -0.15) is 0 Å². The van der Waals surface area contributed by atoms with Gasteiger partial charge in [-0.25, -0.2) is 0 Å². The summed E-state index contributed by atoms with van der Waals surface area (Å²) in [6, 6.07) is 8.40. The summed E-state index contributed by atoms with van der Waals surface area (Å²) in [6.45, 7) is 0. The van der Waals surface area contributed by atoms with E-state index in [1.54, 1.807) is 7.11 Å². The van der Waals surface area contributed by atoms with Crippen molar-refractivity contribution >= 4 is 0 Å². The van der Waals surface area contributed by atoms with Crippen molar-refractivity contribution < 1.29 is 4.74 Å². The van der Waals surface area contributed by atoms with Crippen molar-refractivity contribution in [3.63, 3.8) is 0 Å². The summed E-state index contributed by atoms with van der Waals surface area (Å²) in [5.41, 5.74) is 7.68. The molecule has 0 aromatic heterocycles. The monoisotopic (exact) mass is 247 g/mol. The van der Waals surface area contributed by atoms with E-state index in [0.29, 0.717) is 5.92 Å². The molecule has 0 bridgehead atoms. The molecule has 2 N–H and O–H groups in total. The van der Waals surface area contributed by atoms with Gasteiger partial charge in [0.25, 0.3) is 0 Å². The number of nitrogens with two attached hydrogens (primary N) is 1. The van der Waals surface area contributed by atoms with Crippen LogP contribution in [0.5, 0.6) is 5.75 Å². The van der Waals surface area contributed by atoms with Crippen molar-refractivity contribution in [3.8, 4) is 5.75 Å². The molecule has 0 aliphatic heterocycles. The van der Waals surface area contributed by atoms with Crippen molar-refractivity contribution in [1.82, 2.24) is 0 Å². The Morgan fingerprint density at radius 1 is 1.11 bits per heavy atom. The van der Waals surface area contributed by atoms with Gasteiger partial charge in [0.15, 0.2) is 0 Å². The predicted molar refractivity (Wildman–Crippen MR) is 75.7 cm³/mol. The Bertz CT molecular complexity index is 356. The zero-order valence-corrected chi connectivity index (χ0v) is 11.4. The lowest BCUT2D eigenvalue weighted by Crippen LogP contribution is -2.22. The Morgan fingerprint density at radius 3 is 2.44 bits per heavy atom. The van der Waals surface area contributed by atoms with Crippen molar-refractivity contribution in [2.75, 3.05) is 7.11 Å². The second kappa shape index (κ2) is 6.79. The van der Waals surface area contributed by atoms with Crippen molar-refractivity contribution in [1.29, 1.82) is 0 Å². The van der Waals surface area contributed by atoms with Crippen molar-refractivity contribution in [3.05, 3.63) is 29.8 Å². The Kier molecular flexibility index (Phi) is 5.06. The average molecular weight is 247 g/mol. The molecule has 0 spiro atoms. The highest BCUT2D eigenvalue weighted by molar-refractivity contribution is 5.30. The molecule has 0 amide bonds. The molecule has 1 aromatic carbocycles. The third kappa shape index (κ3) is 3.49. The molecule has 1 aromatic rings. The summed E-state index contributed by atoms with van der Waals surface area (Å²) < 4.78 is 5.28. The maximum Gasteiger partial charge on any atom is 0.119 e. The van der Waals surface area contributed by atoms with Crippen LogP contribution in [0.15, 0.2) is 24.3 Å². The van der Waals surface area contributed by atoms with Gasteiger partial charge in [0.1, 0.15) is 5.75 Å². The highest BCUT2D eigenvalue weighted by Gasteiger charge is 2.20. The Morgan fingerprint density at radius 2 is 1.78 bits per heavy atom. The van der Waals surface area contributed by atoms with E-state index in [2.05, 4.69) is 12.1 Å². The SMILES string of the molecule is COc1cccc(C(N)C2CCCCCCC2)c1. The van der Waals surface area contributed by atoms with Crippen LogP contribution in [-0.2, 0) is 0 Å². The first kappa shape index (κ1) is 13.4. The smallest absolute Gasteiger partial charge is 0.119 e. The summed E-state index contributed by atoms with van der Waals surface area (Å²) in [5, 5.41) is 0. The van der Waals surface area contributed by atoms with E-state index >= 15 is 0 Å². The van der Waals surface area contributed by atoms with E-state index in [1.165, 1.54) is 50.5 Å². The number of hydrogen-bond acceptors (Lipinski definition) is 2. The molecule has 1 aliphatic carbocycles. The molecule has 2 nitrogen and oxygen atoms in total. The van der Waals surface area contributed by atoms with Crippen LogP contribution in [0, 0.1) is 5.92 Å². The molecule has 1 atom stereocenters. The lowest BCUT2D eigenvalue weighted by Gasteiger charge is -2.26. The minimum atomic E-state index is 0.165. The van der Waals surface area contributed by atoms with Crippen LogP contribution in [0.4, 0.5) is 0 Å². The van der Waals surface area contributed by atoms with Gasteiger partial charge in [0.2, 0.25) is 0 Å². The summed E-state index contributed by atoms with van der Waals surface area (Å²) in [5.74, 6) is 1.55. The van der Waals surface area contributed by atoms with Crippen LogP contribution in [-0.4, -0.2) is 7.11 Å². The molecule has 0 radical (unpaired) electrons. The molecule has 1 aliphatic rings. The fraction of sp³-hybridized carbons (Fsp3) is 0.625. The number of benzene rings is 1. The van der Waals surface area contributed by atoms with Gasteiger partial charge >= 0.3 is 0 Å². The third-order valence-corrected chi connectivity index (χ3v) is 4.14. The number of rotatable bonds is 3. The van der Waals surface area contributed by atoms with Crippen LogP contribution < -0.4 is 10.5 Å². The van der Waals surface area contributed by atoms with Crippen LogP contribution in [0.3, 0.4) is 0 Å². The van der Waals surface area contributed by atoms with Gasteiger partial charge in [-0.1, -0.05) is 44.2 Å². The summed E-state index contributed by atoms with van der Waals surface area (Å²) in [6.07, 6.45) is 9.38. The zero-order valence-electron chi connectivity index (χ0n) is 11.4. The summed E-state index contributed by atoms with van der Waals surface area (Å²) in [7, 11) is 1.71. The average Bonchev–Trinajstić information content (AvgIpc) is 2.38. The van der Waals surface area contributed by atoms with E-state index in [9.17, 15) is 0 Å². The number of hydrogen-bond donors (Lipinski definition) is 1. The van der Waals surface area contributed by atoms with Gasteiger partial charge in [0.05, 0.1) is 7.11 Å².